The third-order valence-corrected chi connectivity index (χ3v) is 5.06. The fraction of sp³-hybridized carbons (Fsp3) is 0.667. The summed E-state index contributed by atoms with van der Waals surface area (Å²) in [6.07, 6.45) is 4.10. The lowest BCUT2D eigenvalue weighted by molar-refractivity contribution is 0.0908. The molecule has 1 amide bonds. The lowest BCUT2D eigenvalue weighted by atomic mass is 10.1. The van der Waals surface area contributed by atoms with Crippen molar-refractivity contribution in [3.63, 3.8) is 0 Å². The van der Waals surface area contributed by atoms with Crippen molar-refractivity contribution in [2.24, 2.45) is 0 Å². The van der Waals surface area contributed by atoms with Crippen molar-refractivity contribution in [3.8, 4) is 0 Å². The Morgan fingerprint density at radius 2 is 2.00 bits per heavy atom. The van der Waals surface area contributed by atoms with E-state index < -0.39 is 0 Å². The van der Waals surface area contributed by atoms with Crippen LogP contribution in [0.5, 0.6) is 0 Å². The molecule has 0 unspecified atom stereocenters. The largest absolute Gasteiger partial charge is 0.346 e. The van der Waals surface area contributed by atoms with Crippen LogP contribution in [0.25, 0.3) is 0 Å². The molecule has 25 heavy (non-hydrogen) atoms. The highest BCUT2D eigenvalue weighted by Crippen LogP contribution is 2.40. The summed E-state index contributed by atoms with van der Waals surface area (Å²) in [4.78, 5) is 13.0. The van der Waals surface area contributed by atoms with Crippen molar-refractivity contribution < 1.29 is 4.79 Å². The Morgan fingerprint density at radius 1 is 1.24 bits per heavy atom. The summed E-state index contributed by atoms with van der Waals surface area (Å²) in [5.74, 6) is 2.42. The molecule has 2 aromatic rings. The number of nitrogens with zero attached hydrogens (tertiary/aromatic N) is 5. The van der Waals surface area contributed by atoms with Gasteiger partial charge in [-0.05, 0) is 53.0 Å². The maximum atomic E-state index is 13.0. The van der Waals surface area contributed by atoms with Gasteiger partial charge >= 0.3 is 0 Å². The monoisotopic (exact) mass is 342 g/mol. The van der Waals surface area contributed by atoms with Gasteiger partial charge in [0.05, 0.1) is 11.2 Å². The van der Waals surface area contributed by atoms with E-state index in [9.17, 15) is 4.79 Å². The molecule has 7 heteroatoms. The summed E-state index contributed by atoms with van der Waals surface area (Å²) in [6, 6.07) is 2.08. The van der Waals surface area contributed by atoms with Gasteiger partial charge < -0.3 is 9.88 Å². The van der Waals surface area contributed by atoms with E-state index in [1.54, 1.807) is 0 Å². The number of amides is 1. The van der Waals surface area contributed by atoms with E-state index in [-0.39, 0.29) is 17.5 Å². The first kappa shape index (κ1) is 16.3. The van der Waals surface area contributed by atoms with Crippen molar-refractivity contribution in [2.75, 3.05) is 0 Å². The van der Waals surface area contributed by atoms with Crippen molar-refractivity contribution in [3.05, 3.63) is 29.1 Å². The van der Waals surface area contributed by atoms with E-state index >= 15 is 0 Å². The Bertz CT molecular complexity index is 808. The van der Waals surface area contributed by atoms with Gasteiger partial charge in [0, 0.05) is 24.9 Å². The van der Waals surface area contributed by atoms with Crippen LogP contribution < -0.4 is 5.32 Å². The predicted molar refractivity (Wildman–Crippen MR) is 93.5 cm³/mol. The van der Waals surface area contributed by atoms with Crippen LogP contribution in [0.1, 0.15) is 73.8 Å². The van der Waals surface area contributed by atoms with Gasteiger partial charge in [-0.3, -0.25) is 9.48 Å². The van der Waals surface area contributed by atoms with Gasteiger partial charge in [0.25, 0.3) is 5.91 Å². The van der Waals surface area contributed by atoms with Crippen LogP contribution >= 0.6 is 0 Å². The second-order valence-corrected chi connectivity index (χ2v) is 8.29. The number of hydrogen-bond acceptors (Lipinski definition) is 4. The molecular formula is C18H26N6O. The molecule has 1 N–H and O–H groups in total. The summed E-state index contributed by atoms with van der Waals surface area (Å²) in [6.45, 7) is 8.94. The number of fused-ring (bicyclic) bond motifs is 1. The average Bonchev–Trinajstić information content (AvgIpc) is 3.18. The van der Waals surface area contributed by atoms with E-state index in [0.29, 0.717) is 11.6 Å². The van der Waals surface area contributed by atoms with Crippen LogP contribution in [0.2, 0.25) is 0 Å². The van der Waals surface area contributed by atoms with E-state index in [0.717, 1.165) is 36.7 Å². The van der Waals surface area contributed by atoms with Crippen LogP contribution in [0.15, 0.2) is 6.07 Å². The van der Waals surface area contributed by atoms with Crippen molar-refractivity contribution in [1.29, 1.82) is 0 Å². The second kappa shape index (κ2) is 5.68. The molecule has 1 atom stereocenters. The van der Waals surface area contributed by atoms with Crippen LogP contribution in [-0.4, -0.2) is 36.5 Å². The number of rotatable bonds is 3. The number of carbonyl (C=O) groups is 1. The summed E-state index contributed by atoms with van der Waals surface area (Å²) >= 11 is 0. The minimum atomic E-state index is -0.218. The summed E-state index contributed by atoms with van der Waals surface area (Å²) in [5.41, 5.74) is 1.51. The smallest absolute Gasteiger partial charge is 0.269 e. The number of aromatic nitrogens is 5. The number of nitrogens with one attached hydrogen (secondary N) is 1. The molecule has 1 fully saturated rings. The highest BCUT2D eigenvalue weighted by atomic mass is 16.2. The average molecular weight is 342 g/mol. The van der Waals surface area contributed by atoms with Gasteiger partial charge in [-0.1, -0.05) is 0 Å². The first-order chi connectivity index (χ1) is 11.8. The summed E-state index contributed by atoms with van der Waals surface area (Å²) in [7, 11) is 0. The topological polar surface area (TPSA) is 77.6 Å². The molecule has 4 rings (SSSR count). The maximum Gasteiger partial charge on any atom is 0.269 e. The lowest BCUT2D eigenvalue weighted by Crippen LogP contribution is -2.42. The molecule has 0 spiro atoms. The van der Waals surface area contributed by atoms with E-state index in [1.807, 2.05) is 17.7 Å². The van der Waals surface area contributed by atoms with Gasteiger partial charge in [0.1, 0.15) is 17.3 Å². The van der Waals surface area contributed by atoms with Crippen LogP contribution in [0, 0.1) is 6.92 Å². The minimum absolute atomic E-state index is 0.0338. The molecular weight excluding hydrogens is 316 g/mol. The molecule has 7 nitrogen and oxygen atoms in total. The Kier molecular flexibility index (Phi) is 3.70. The second-order valence-electron chi connectivity index (χ2n) is 8.29. The Balaban J connectivity index is 1.54. The molecule has 3 heterocycles. The first-order valence-corrected chi connectivity index (χ1v) is 9.13. The Morgan fingerprint density at radius 3 is 2.68 bits per heavy atom. The molecule has 1 saturated carbocycles. The first-order valence-electron chi connectivity index (χ1n) is 9.13. The van der Waals surface area contributed by atoms with Crippen molar-refractivity contribution >= 4 is 5.91 Å². The normalized spacial score (nSPS) is 20.4. The highest BCUT2D eigenvalue weighted by molar-refractivity contribution is 5.93. The Hall–Kier alpha value is -2.18. The van der Waals surface area contributed by atoms with Crippen molar-refractivity contribution in [1.82, 2.24) is 29.9 Å². The molecule has 0 bridgehead atoms. The maximum absolute atomic E-state index is 13.0. The molecule has 134 valence electrons. The Labute approximate surface area is 147 Å². The van der Waals surface area contributed by atoms with Gasteiger partial charge in [0.15, 0.2) is 0 Å². The molecule has 2 aliphatic rings. The highest BCUT2D eigenvalue weighted by Gasteiger charge is 2.32. The zero-order chi connectivity index (χ0) is 17.8. The van der Waals surface area contributed by atoms with Gasteiger partial charge in [-0.15, -0.1) is 10.2 Å². The van der Waals surface area contributed by atoms with Crippen LogP contribution in [0.3, 0.4) is 0 Å². The van der Waals surface area contributed by atoms with Crippen LogP contribution in [0.4, 0.5) is 0 Å². The number of aryl methyl sites for hydroxylation is 2. The quantitative estimate of drug-likeness (QED) is 0.927. The van der Waals surface area contributed by atoms with Gasteiger partial charge in [-0.2, -0.15) is 5.10 Å². The SMILES string of the molecule is Cc1nnc2n1C[C@@H](NC(=O)c1cc(C3CC3)nn1C(C)(C)C)CC2. The van der Waals surface area contributed by atoms with Crippen LogP contribution in [-0.2, 0) is 18.5 Å². The fourth-order valence-corrected chi connectivity index (χ4v) is 3.49. The third kappa shape index (κ3) is 3.07. The van der Waals surface area contributed by atoms with Crippen molar-refractivity contribution in [2.45, 2.75) is 77.4 Å². The zero-order valence-electron chi connectivity index (χ0n) is 15.4. The summed E-state index contributed by atoms with van der Waals surface area (Å²) < 4.78 is 3.99. The molecule has 1 aliphatic carbocycles. The number of hydrogen-bond donors (Lipinski definition) is 1. The van der Waals surface area contributed by atoms with E-state index in [1.165, 1.54) is 12.8 Å². The molecule has 0 aromatic carbocycles. The fourth-order valence-electron chi connectivity index (χ4n) is 3.49. The van der Waals surface area contributed by atoms with Gasteiger partial charge in [0.2, 0.25) is 0 Å². The molecule has 1 aliphatic heterocycles. The predicted octanol–water partition coefficient (Wildman–Crippen LogP) is 2.16. The van der Waals surface area contributed by atoms with Gasteiger partial charge in [-0.25, -0.2) is 0 Å². The lowest BCUT2D eigenvalue weighted by Gasteiger charge is -2.26. The third-order valence-electron chi connectivity index (χ3n) is 5.06. The standard InChI is InChI=1S/C18H26N6O/c1-11-20-21-16-8-7-13(10-23(11)16)19-17(25)15-9-14(12-5-6-12)22-24(15)18(2,3)4/h9,12-13H,5-8,10H2,1-4H3,(H,19,25)/t13-/m0/s1. The zero-order valence-corrected chi connectivity index (χ0v) is 15.4. The molecule has 0 saturated heterocycles. The van der Waals surface area contributed by atoms with E-state index in [2.05, 4.69) is 40.9 Å². The minimum Gasteiger partial charge on any atom is -0.346 e. The summed E-state index contributed by atoms with van der Waals surface area (Å²) in [5, 5.41) is 16.3. The number of carbonyl (C=O) groups excluding carboxylic acids is 1. The molecule has 2 aromatic heterocycles. The van der Waals surface area contributed by atoms with E-state index in [4.69, 9.17) is 5.10 Å². The molecule has 0 radical (unpaired) electrons.